The number of halogens is 2. The summed E-state index contributed by atoms with van der Waals surface area (Å²) < 4.78 is 0. The highest BCUT2D eigenvalue weighted by Gasteiger charge is 2.40. The van der Waals surface area contributed by atoms with Crippen molar-refractivity contribution >= 4 is 35.0 Å². The molecule has 2 amide bonds. The minimum absolute atomic E-state index is 0.0144. The van der Waals surface area contributed by atoms with Gasteiger partial charge in [0.05, 0.1) is 22.6 Å². The normalized spacial score (nSPS) is 23.6. The lowest BCUT2D eigenvalue weighted by molar-refractivity contribution is -0.135. The first-order valence-corrected chi connectivity index (χ1v) is 16.6. The van der Waals surface area contributed by atoms with E-state index in [1.54, 1.807) is 6.07 Å². The molecule has 3 aliphatic heterocycles. The van der Waals surface area contributed by atoms with Crippen LogP contribution in [-0.4, -0.2) is 71.8 Å². The Morgan fingerprint density at radius 1 is 0.886 bits per heavy atom. The molecule has 44 heavy (non-hydrogen) atoms. The van der Waals surface area contributed by atoms with Crippen LogP contribution in [0.4, 0.5) is 0 Å². The van der Waals surface area contributed by atoms with E-state index in [0.29, 0.717) is 47.2 Å². The Bertz CT molecular complexity index is 1480. The van der Waals surface area contributed by atoms with Crippen LogP contribution < -0.4 is 5.32 Å². The SMILES string of the molecule is Cc1cc(C)cc(C(=O)N2CCN(C(=O)CNCC3CC4CCC3N(Cc3ccccc3)C4)C(c3ccc(Cl)c(Cl)c3)C2)c1. The Labute approximate surface area is 271 Å². The summed E-state index contributed by atoms with van der Waals surface area (Å²) in [6.45, 7) is 8.62. The number of aryl methyl sites for hydroxylation is 2. The second kappa shape index (κ2) is 13.6. The molecule has 6 nitrogen and oxygen atoms in total. The minimum Gasteiger partial charge on any atom is -0.334 e. The Hall–Kier alpha value is -2.90. The van der Waals surface area contributed by atoms with E-state index in [1.165, 1.54) is 31.4 Å². The number of hydrogen-bond donors (Lipinski definition) is 1. The number of amides is 2. The van der Waals surface area contributed by atoms with E-state index in [-0.39, 0.29) is 24.4 Å². The number of carbonyl (C=O) groups is 2. The van der Waals surface area contributed by atoms with Gasteiger partial charge >= 0.3 is 0 Å². The summed E-state index contributed by atoms with van der Waals surface area (Å²) in [5.74, 6) is 1.30. The molecule has 232 valence electrons. The van der Waals surface area contributed by atoms with Crippen molar-refractivity contribution in [2.24, 2.45) is 11.8 Å². The molecular formula is C36H42Cl2N4O2. The van der Waals surface area contributed by atoms with Crippen molar-refractivity contribution in [1.29, 1.82) is 0 Å². The number of fused-ring (bicyclic) bond motifs is 3. The number of rotatable bonds is 8. The van der Waals surface area contributed by atoms with E-state index in [1.807, 2.05) is 47.9 Å². The summed E-state index contributed by atoms with van der Waals surface area (Å²) in [6, 6.07) is 22.4. The lowest BCUT2D eigenvalue weighted by atomic mass is 9.72. The molecule has 3 heterocycles. The molecule has 7 rings (SSSR count). The molecule has 2 bridgehead atoms. The molecule has 1 N–H and O–H groups in total. The van der Waals surface area contributed by atoms with Gasteiger partial charge in [-0.15, -0.1) is 0 Å². The first kappa shape index (κ1) is 31.1. The van der Waals surface area contributed by atoms with E-state index in [4.69, 9.17) is 23.2 Å². The van der Waals surface area contributed by atoms with Crippen molar-refractivity contribution in [3.63, 3.8) is 0 Å². The molecule has 4 fully saturated rings. The van der Waals surface area contributed by atoms with Crippen LogP contribution in [0.2, 0.25) is 10.0 Å². The molecule has 4 aliphatic rings. The molecule has 8 heteroatoms. The number of nitrogens with one attached hydrogen (secondary N) is 1. The molecule has 3 aromatic carbocycles. The largest absolute Gasteiger partial charge is 0.334 e. The van der Waals surface area contributed by atoms with E-state index in [0.717, 1.165) is 35.7 Å². The zero-order valence-corrected chi connectivity index (χ0v) is 27.2. The van der Waals surface area contributed by atoms with Crippen molar-refractivity contribution in [2.75, 3.05) is 39.3 Å². The fourth-order valence-corrected chi connectivity index (χ4v) is 8.00. The third-order valence-corrected chi connectivity index (χ3v) is 10.4. The van der Waals surface area contributed by atoms with Gasteiger partial charge in [-0.25, -0.2) is 0 Å². The van der Waals surface area contributed by atoms with E-state index in [2.05, 4.69) is 46.6 Å². The standard InChI is InChI=1S/C36H42Cl2N4O2/c1-24-14-25(2)16-29(15-24)36(44)40-12-13-42(34(23-40)28-9-10-31(37)32(38)18-28)35(43)20-39-19-30-17-27-8-11-33(30)41(22-27)21-26-6-4-3-5-7-26/h3-7,9-10,14-16,18,27,30,33-34,39H,8,11-13,17,19-23H2,1-2H3. The maximum absolute atomic E-state index is 13.8. The zero-order chi connectivity index (χ0) is 30.8. The predicted octanol–water partition coefficient (Wildman–Crippen LogP) is 6.53. The third-order valence-electron chi connectivity index (χ3n) is 9.71. The Morgan fingerprint density at radius 3 is 2.39 bits per heavy atom. The van der Waals surface area contributed by atoms with Gasteiger partial charge in [0.2, 0.25) is 5.91 Å². The van der Waals surface area contributed by atoms with Crippen molar-refractivity contribution in [1.82, 2.24) is 20.0 Å². The van der Waals surface area contributed by atoms with Crippen LogP contribution in [0.5, 0.6) is 0 Å². The highest BCUT2D eigenvalue weighted by molar-refractivity contribution is 6.42. The number of piperazine rings is 1. The number of hydrogen-bond acceptors (Lipinski definition) is 4. The van der Waals surface area contributed by atoms with Crippen LogP contribution in [-0.2, 0) is 11.3 Å². The van der Waals surface area contributed by atoms with Crippen molar-refractivity contribution in [3.8, 4) is 0 Å². The summed E-state index contributed by atoms with van der Waals surface area (Å²) in [7, 11) is 0. The maximum atomic E-state index is 13.8. The maximum Gasteiger partial charge on any atom is 0.254 e. The molecule has 4 unspecified atom stereocenters. The topological polar surface area (TPSA) is 55.9 Å². The van der Waals surface area contributed by atoms with Crippen molar-refractivity contribution in [2.45, 2.75) is 51.7 Å². The van der Waals surface area contributed by atoms with Gasteiger partial charge in [-0.05, 0) is 86.9 Å². The molecule has 1 saturated carbocycles. The molecule has 4 atom stereocenters. The minimum atomic E-state index is -0.310. The highest BCUT2D eigenvalue weighted by Crippen LogP contribution is 2.39. The van der Waals surface area contributed by atoms with Gasteiger partial charge in [-0.3, -0.25) is 14.5 Å². The summed E-state index contributed by atoms with van der Waals surface area (Å²) in [5, 5.41) is 4.45. The van der Waals surface area contributed by atoms with E-state index in [9.17, 15) is 9.59 Å². The van der Waals surface area contributed by atoms with Crippen LogP contribution >= 0.6 is 23.2 Å². The van der Waals surface area contributed by atoms with Gasteiger partial charge in [0.25, 0.3) is 5.91 Å². The smallest absolute Gasteiger partial charge is 0.254 e. The molecule has 3 saturated heterocycles. The van der Waals surface area contributed by atoms with Gasteiger partial charge in [-0.2, -0.15) is 0 Å². The lowest BCUT2D eigenvalue weighted by Gasteiger charge is -2.50. The molecule has 0 radical (unpaired) electrons. The molecule has 3 aromatic rings. The lowest BCUT2D eigenvalue weighted by Crippen LogP contribution is -2.56. The summed E-state index contributed by atoms with van der Waals surface area (Å²) >= 11 is 12.7. The number of benzene rings is 3. The molecule has 0 aromatic heterocycles. The predicted molar refractivity (Wildman–Crippen MR) is 177 cm³/mol. The summed E-state index contributed by atoms with van der Waals surface area (Å²) in [5.41, 5.74) is 5.05. The van der Waals surface area contributed by atoms with Gasteiger partial charge < -0.3 is 15.1 Å². The average molecular weight is 634 g/mol. The van der Waals surface area contributed by atoms with Crippen LogP contribution in [0, 0.1) is 25.7 Å². The quantitative estimate of drug-likeness (QED) is 0.307. The van der Waals surface area contributed by atoms with Crippen LogP contribution in [0.15, 0.2) is 66.7 Å². The summed E-state index contributed by atoms with van der Waals surface area (Å²) in [6.07, 6.45) is 3.76. The zero-order valence-electron chi connectivity index (χ0n) is 25.6. The van der Waals surface area contributed by atoms with Crippen LogP contribution in [0.25, 0.3) is 0 Å². The summed E-state index contributed by atoms with van der Waals surface area (Å²) in [4.78, 5) is 33.8. The number of piperidine rings is 2. The van der Waals surface area contributed by atoms with E-state index < -0.39 is 0 Å². The van der Waals surface area contributed by atoms with Gasteiger partial charge in [0, 0.05) is 44.3 Å². The molecule has 1 aliphatic carbocycles. The second-order valence-corrected chi connectivity index (χ2v) is 13.8. The first-order chi connectivity index (χ1) is 21.2. The Kier molecular flexibility index (Phi) is 9.62. The van der Waals surface area contributed by atoms with Crippen LogP contribution in [0.1, 0.15) is 57.9 Å². The Balaban J connectivity index is 1.12. The van der Waals surface area contributed by atoms with Gasteiger partial charge in [0.1, 0.15) is 0 Å². The monoisotopic (exact) mass is 632 g/mol. The first-order valence-electron chi connectivity index (χ1n) is 15.9. The van der Waals surface area contributed by atoms with E-state index >= 15 is 0 Å². The number of carbonyl (C=O) groups excluding carboxylic acids is 2. The van der Waals surface area contributed by atoms with Crippen molar-refractivity contribution < 1.29 is 9.59 Å². The van der Waals surface area contributed by atoms with Crippen LogP contribution in [0.3, 0.4) is 0 Å². The van der Waals surface area contributed by atoms with Crippen molar-refractivity contribution in [3.05, 3.63) is 105 Å². The third kappa shape index (κ3) is 6.99. The molecular weight excluding hydrogens is 591 g/mol. The second-order valence-electron chi connectivity index (χ2n) is 13.0. The number of nitrogens with zero attached hydrogens (tertiary/aromatic N) is 3. The highest BCUT2D eigenvalue weighted by atomic mass is 35.5. The fraction of sp³-hybridized carbons (Fsp3) is 0.444. The Morgan fingerprint density at radius 2 is 1.66 bits per heavy atom. The fourth-order valence-electron chi connectivity index (χ4n) is 7.70. The van der Waals surface area contributed by atoms with Gasteiger partial charge in [0.15, 0.2) is 0 Å². The van der Waals surface area contributed by atoms with Gasteiger partial charge in [-0.1, -0.05) is 76.8 Å². The average Bonchev–Trinajstić information content (AvgIpc) is 3.02. The molecule has 0 spiro atoms.